The van der Waals surface area contributed by atoms with E-state index in [-0.39, 0.29) is 0 Å². The zero-order valence-corrected chi connectivity index (χ0v) is 12.9. The Morgan fingerprint density at radius 2 is 2.15 bits per heavy atom. The summed E-state index contributed by atoms with van der Waals surface area (Å²) in [5, 5.41) is 12.0. The van der Waals surface area contributed by atoms with Crippen LogP contribution in [-0.2, 0) is 13.1 Å². The molecule has 1 saturated carbocycles. The van der Waals surface area contributed by atoms with Gasteiger partial charge in [0.05, 0.1) is 16.6 Å². The predicted octanol–water partition coefficient (Wildman–Crippen LogP) is 3.08. The smallest absolute Gasteiger partial charge is 0.151 e. The molecule has 0 unspecified atom stereocenters. The lowest BCUT2D eigenvalue weighted by molar-refractivity contribution is 0.664. The third-order valence-corrected chi connectivity index (χ3v) is 4.48. The lowest BCUT2D eigenvalue weighted by Gasteiger charge is -2.16. The molecule has 0 atom stereocenters. The molecular formula is C14H17ClN4S. The van der Waals surface area contributed by atoms with Gasteiger partial charge in [0, 0.05) is 24.5 Å². The van der Waals surface area contributed by atoms with Gasteiger partial charge in [-0.2, -0.15) is 5.10 Å². The van der Waals surface area contributed by atoms with E-state index < -0.39 is 0 Å². The van der Waals surface area contributed by atoms with Gasteiger partial charge in [0.25, 0.3) is 0 Å². The summed E-state index contributed by atoms with van der Waals surface area (Å²) < 4.78 is 0.820. The van der Waals surface area contributed by atoms with Gasteiger partial charge in [0.1, 0.15) is 0 Å². The molecule has 20 heavy (non-hydrogen) atoms. The molecule has 0 amide bonds. The predicted molar refractivity (Wildman–Crippen MR) is 83.3 cm³/mol. The Balaban J connectivity index is 1.57. The van der Waals surface area contributed by atoms with Crippen LogP contribution in [0.4, 0.5) is 5.82 Å². The Morgan fingerprint density at radius 1 is 1.30 bits per heavy atom. The average molecular weight is 309 g/mol. The molecule has 1 aliphatic carbocycles. The summed E-state index contributed by atoms with van der Waals surface area (Å²) in [5.41, 5.74) is 0.994. The average Bonchev–Trinajstić information content (AvgIpc) is 3.20. The maximum atomic E-state index is 5.94. The van der Waals surface area contributed by atoms with Crippen molar-refractivity contribution in [3.05, 3.63) is 39.2 Å². The number of nitrogens with zero attached hydrogens (tertiary/aromatic N) is 3. The second kappa shape index (κ2) is 6.08. The van der Waals surface area contributed by atoms with Crippen LogP contribution in [0.25, 0.3) is 0 Å². The van der Waals surface area contributed by atoms with Gasteiger partial charge in [0.2, 0.25) is 0 Å². The zero-order chi connectivity index (χ0) is 13.9. The van der Waals surface area contributed by atoms with Crippen LogP contribution in [0.1, 0.15) is 23.4 Å². The molecule has 1 aliphatic rings. The van der Waals surface area contributed by atoms with Crippen LogP contribution in [0.5, 0.6) is 0 Å². The van der Waals surface area contributed by atoms with Gasteiger partial charge in [-0.05, 0) is 37.1 Å². The van der Waals surface area contributed by atoms with E-state index in [1.165, 1.54) is 17.7 Å². The van der Waals surface area contributed by atoms with Gasteiger partial charge in [-0.3, -0.25) is 0 Å². The Bertz CT molecular complexity index is 565. The second-order valence-electron chi connectivity index (χ2n) is 5.10. The third-order valence-electron chi connectivity index (χ3n) is 3.27. The number of anilines is 1. The molecule has 2 aromatic rings. The van der Waals surface area contributed by atoms with Crippen molar-refractivity contribution in [3.8, 4) is 0 Å². The van der Waals surface area contributed by atoms with Crippen LogP contribution < -0.4 is 10.2 Å². The van der Waals surface area contributed by atoms with Crippen molar-refractivity contribution in [1.29, 1.82) is 0 Å². The van der Waals surface area contributed by atoms with Gasteiger partial charge in [-0.1, -0.05) is 11.6 Å². The van der Waals surface area contributed by atoms with Crippen molar-refractivity contribution in [2.75, 3.05) is 11.9 Å². The molecular weight excluding hydrogens is 292 g/mol. The molecule has 0 radical (unpaired) electrons. The molecule has 0 aliphatic heterocycles. The first-order valence-corrected chi connectivity index (χ1v) is 7.91. The molecule has 0 aromatic carbocycles. The summed E-state index contributed by atoms with van der Waals surface area (Å²) in [4.78, 5) is 3.30. The maximum absolute atomic E-state index is 5.94. The summed E-state index contributed by atoms with van der Waals surface area (Å²) in [6.45, 7) is 1.61. The minimum atomic E-state index is 0.697. The molecule has 2 aromatic heterocycles. The highest BCUT2D eigenvalue weighted by atomic mass is 35.5. The van der Waals surface area contributed by atoms with E-state index in [9.17, 15) is 0 Å². The molecule has 3 rings (SSSR count). The SMILES string of the molecule is CN(Cc1ccc(Cl)s1)c1ccc(CNC2CC2)nn1. The van der Waals surface area contributed by atoms with Gasteiger partial charge in [0.15, 0.2) is 5.82 Å². The Kier molecular flexibility index (Phi) is 4.19. The van der Waals surface area contributed by atoms with Crippen molar-refractivity contribution < 1.29 is 0 Å². The van der Waals surface area contributed by atoms with E-state index >= 15 is 0 Å². The number of hydrogen-bond donors (Lipinski definition) is 1. The highest BCUT2D eigenvalue weighted by Crippen LogP contribution is 2.23. The fourth-order valence-electron chi connectivity index (χ4n) is 1.94. The number of hydrogen-bond acceptors (Lipinski definition) is 5. The molecule has 6 heteroatoms. The Morgan fingerprint density at radius 3 is 2.75 bits per heavy atom. The first-order valence-electron chi connectivity index (χ1n) is 6.72. The number of rotatable bonds is 6. The maximum Gasteiger partial charge on any atom is 0.151 e. The van der Waals surface area contributed by atoms with Gasteiger partial charge < -0.3 is 10.2 Å². The minimum Gasteiger partial charge on any atom is -0.353 e. The van der Waals surface area contributed by atoms with Crippen LogP contribution in [0.3, 0.4) is 0 Å². The molecule has 1 fully saturated rings. The largest absolute Gasteiger partial charge is 0.353 e. The molecule has 0 saturated heterocycles. The number of nitrogens with one attached hydrogen (secondary N) is 1. The van der Waals surface area contributed by atoms with E-state index in [1.807, 2.05) is 31.3 Å². The van der Waals surface area contributed by atoms with E-state index in [4.69, 9.17) is 11.6 Å². The van der Waals surface area contributed by atoms with Crippen LogP contribution in [-0.4, -0.2) is 23.3 Å². The highest BCUT2D eigenvalue weighted by Gasteiger charge is 2.20. The number of halogens is 1. The Hall–Kier alpha value is -1.17. The Labute approximate surface area is 127 Å². The van der Waals surface area contributed by atoms with Gasteiger partial charge in [-0.25, -0.2) is 0 Å². The van der Waals surface area contributed by atoms with Crippen LogP contribution in [0, 0.1) is 0 Å². The minimum absolute atomic E-state index is 0.697. The summed E-state index contributed by atoms with van der Waals surface area (Å²) in [6, 6.07) is 8.73. The standard InChI is InChI=1S/C14H17ClN4S/c1-19(9-12-5-6-13(15)20-12)14-7-4-11(17-18-14)8-16-10-2-3-10/h4-7,10,16H,2-3,8-9H2,1H3. The van der Waals surface area contributed by atoms with E-state index in [2.05, 4.69) is 20.4 Å². The lowest BCUT2D eigenvalue weighted by atomic mass is 10.3. The summed E-state index contributed by atoms with van der Waals surface area (Å²) in [7, 11) is 2.01. The van der Waals surface area contributed by atoms with Crippen molar-refractivity contribution in [3.63, 3.8) is 0 Å². The molecule has 4 nitrogen and oxygen atoms in total. The van der Waals surface area contributed by atoms with Crippen molar-refractivity contribution in [2.24, 2.45) is 0 Å². The number of aromatic nitrogens is 2. The summed E-state index contributed by atoms with van der Waals surface area (Å²) in [6.07, 6.45) is 2.58. The van der Waals surface area contributed by atoms with E-state index in [0.717, 1.165) is 28.9 Å². The first kappa shape index (κ1) is 13.8. The fraction of sp³-hybridized carbons (Fsp3) is 0.429. The summed E-state index contributed by atoms with van der Waals surface area (Å²) >= 11 is 7.54. The van der Waals surface area contributed by atoms with Crippen LogP contribution in [0.2, 0.25) is 4.34 Å². The molecule has 2 heterocycles. The van der Waals surface area contributed by atoms with Gasteiger partial charge >= 0.3 is 0 Å². The van der Waals surface area contributed by atoms with Crippen molar-refractivity contribution in [2.45, 2.75) is 32.0 Å². The van der Waals surface area contributed by atoms with Crippen molar-refractivity contribution >= 4 is 28.8 Å². The fourth-order valence-corrected chi connectivity index (χ4v) is 3.08. The van der Waals surface area contributed by atoms with E-state index in [0.29, 0.717) is 6.04 Å². The normalized spacial score (nSPS) is 14.5. The van der Waals surface area contributed by atoms with Crippen LogP contribution in [0.15, 0.2) is 24.3 Å². The van der Waals surface area contributed by atoms with Crippen molar-refractivity contribution in [1.82, 2.24) is 15.5 Å². The summed E-state index contributed by atoms with van der Waals surface area (Å²) in [5.74, 6) is 0.879. The third kappa shape index (κ3) is 3.69. The number of thiophene rings is 1. The first-order chi connectivity index (χ1) is 9.70. The highest BCUT2D eigenvalue weighted by molar-refractivity contribution is 7.16. The van der Waals surface area contributed by atoms with E-state index in [1.54, 1.807) is 11.3 Å². The van der Waals surface area contributed by atoms with Gasteiger partial charge in [-0.15, -0.1) is 16.4 Å². The molecule has 106 valence electrons. The second-order valence-corrected chi connectivity index (χ2v) is 6.90. The molecule has 0 bridgehead atoms. The monoisotopic (exact) mass is 308 g/mol. The quantitative estimate of drug-likeness (QED) is 0.890. The zero-order valence-electron chi connectivity index (χ0n) is 11.3. The van der Waals surface area contributed by atoms with Crippen LogP contribution >= 0.6 is 22.9 Å². The lowest BCUT2D eigenvalue weighted by Crippen LogP contribution is -2.19. The topological polar surface area (TPSA) is 41.0 Å². The molecule has 1 N–H and O–H groups in total. The molecule has 0 spiro atoms.